The zero-order chi connectivity index (χ0) is 24.4. The minimum absolute atomic E-state index is 0.118. The summed E-state index contributed by atoms with van der Waals surface area (Å²) in [5.41, 5.74) is 0.314. The minimum Gasteiger partial charge on any atom is -0.508 e. The van der Waals surface area contributed by atoms with Crippen LogP contribution in [-0.4, -0.2) is 73.4 Å². The molecule has 4 N–H and O–H groups in total. The van der Waals surface area contributed by atoms with Crippen molar-refractivity contribution in [3.8, 4) is 11.5 Å². The molecule has 1 atom stereocenters. The predicted octanol–water partition coefficient (Wildman–Crippen LogP) is -0.605. The van der Waals surface area contributed by atoms with Gasteiger partial charge in [0.15, 0.2) is 11.2 Å². The van der Waals surface area contributed by atoms with Gasteiger partial charge in [-0.25, -0.2) is 4.79 Å². The molecule has 1 aliphatic heterocycles. The number of fused-ring (bicyclic) bond motifs is 1. The van der Waals surface area contributed by atoms with Crippen molar-refractivity contribution in [1.82, 2.24) is 24.0 Å². The maximum atomic E-state index is 13.0. The van der Waals surface area contributed by atoms with Gasteiger partial charge in [-0.2, -0.15) is 4.98 Å². The zero-order valence-electron chi connectivity index (χ0n) is 19.3. The van der Waals surface area contributed by atoms with Crippen molar-refractivity contribution >= 4 is 17.1 Å². The summed E-state index contributed by atoms with van der Waals surface area (Å²) in [6.45, 7) is 3.63. The molecule has 1 aliphatic rings. The number of nitrogens with one attached hydrogen (secondary N) is 1. The molecule has 1 aromatic carbocycles. The third kappa shape index (κ3) is 4.65. The van der Waals surface area contributed by atoms with E-state index in [1.807, 2.05) is 4.57 Å². The average molecular weight is 475 g/mol. The lowest BCUT2D eigenvalue weighted by atomic mass is 10.1. The SMILES string of the molecule is Cn1c(=O)c2c(nc(N3CCOCC3)n2CCCNCC(O)c2cc(O)cc(O)c2)n(C)c1=O. The van der Waals surface area contributed by atoms with E-state index in [9.17, 15) is 24.9 Å². The normalized spacial score (nSPS) is 15.2. The molecule has 2 aromatic heterocycles. The lowest BCUT2D eigenvalue weighted by Crippen LogP contribution is -2.39. The summed E-state index contributed by atoms with van der Waals surface area (Å²) in [5, 5.41) is 32.7. The molecule has 12 nitrogen and oxygen atoms in total. The van der Waals surface area contributed by atoms with Crippen LogP contribution in [0.25, 0.3) is 11.2 Å². The fourth-order valence-corrected chi connectivity index (χ4v) is 4.18. The first-order chi connectivity index (χ1) is 16.3. The maximum absolute atomic E-state index is 13.0. The molecule has 34 heavy (non-hydrogen) atoms. The van der Waals surface area contributed by atoms with Crippen LogP contribution in [0.3, 0.4) is 0 Å². The lowest BCUT2D eigenvalue weighted by molar-refractivity contribution is 0.121. The van der Waals surface area contributed by atoms with Crippen LogP contribution in [-0.2, 0) is 25.4 Å². The topological polar surface area (TPSA) is 147 Å². The van der Waals surface area contributed by atoms with E-state index < -0.39 is 17.4 Å². The van der Waals surface area contributed by atoms with E-state index >= 15 is 0 Å². The Kier molecular flexibility index (Phi) is 6.91. The molecule has 3 aromatic rings. The number of aromatic nitrogens is 4. The van der Waals surface area contributed by atoms with Gasteiger partial charge in [-0.1, -0.05) is 0 Å². The summed E-state index contributed by atoms with van der Waals surface area (Å²) in [7, 11) is 3.06. The number of hydrogen-bond donors (Lipinski definition) is 4. The molecular formula is C22H30N6O6. The molecule has 0 bridgehead atoms. The Morgan fingerprint density at radius 1 is 1.09 bits per heavy atom. The number of rotatable bonds is 8. The molecule has 1 fully saturated rings. The summed E-state index contributed by atoms with van der Waals surface area (Å²) in [6.07, 6.45) is -0.273. The van der Waals surface area contributed by atoms with Crippen molar-refractivity contribution in [2.45, 2.75) is 19.1 Å². The van der Waals surface area contributed by atoms with Gasteiger partial charge in [0.25, 0.3) is 5.56 Å². The van der Waals surface area contributed by atoms with Crippen LogP contribution in [0.4, 0.5) is 5.95 Å². The molecule has 1 unspecified atom stereocenters. The number of benzene rings is 1. The highest BCUT2D eigenvalue weighted by atomic mass is 16.5. The van der Waals surface area contributed by atoms with Crippen LogP contribution in [0.15, 0.2) is 27.8 Å². The van der Waals surface area contributed by atoms with Crippen molar-refractivity contribution in [2.24, 2.45) is 14.1 Å². The minimum atomic E-state index is -0.905. The van der Waals surface area contributed by atoms with Crippen LogP contribution < -0.4 is 21.5 Å². The van der Waals surface area contributed by atoms with Crippen molar-refractivity contribution < 1.29 is 20.1 Å². The van der Waals surface area contributed by atoms with Gasteiger partial charge in [-0.15, -0.1) is 0 Å². The van der Waals surface area contributed by atoms with Crippen LogP contribution in [0.2, 0.25) is 0 Å². The lowest BCUT2D eigenvalue weighted by Gasteiger charge is -2.28. The number of phenols is 2. The van der Waals surface area contributed by atoms with Gasteiger partial charge in [-0.3, -0.25) is 13.9 Å². The summed E-state index contributed by atoms with van der Waals surface area (Å²) in [4.78, 5) is 32.1. The summed E-state index contributed by atoms with van der Waals surface area (Å²) in [6, 6.07) is 4.00. The number of morpholine rings is 1. The number of imidazole rings is 1. The number of aliphatic hydroxyl groups is 1. The maximum Gasteiger partial charge on any atom is 0.332 e. The molecule has 0 radical (unpaired) electrons. The molecule has 184 valence electrons. The highest BCUT2D eigenvalue weighted by Crippen LogP contribution is 2.25. The van der Waals surface area contributed by atoms with Crippen molar-refractivity contribution in [3.63, 3.8) is 0 Å². The van der Waals surface area contributed by atoms with Gasteiger partial charge in [0, 0.05) is 46.3 Å². The van der Waals surface area contributed by atoms with E-state index in [1.54, 1.807) is 7.05 Å². The number of aromatic hydroxyl groups is 2. The Balaban J connectivity index is 1.50. The smallest absolute Gasteiger partial charge is 0.332 e. The Morgan fingerprint density at radius 2 is 1.76 bits per heavy atom. The first-order valence-electron chi connectivity index (χ1n) is 11.2. The Hall–Kier alpha value is -3.35. The van der Waals surface area contributed by atoms with Gasteiger partial charge in [-0.05, 0) is 30.7 Å². The van der Waals surface area contributed by atoms with Crippen LogP contribution in [0.1, 0.15) is 18.1 Å². The standard InChI is InChI=1S/C22H30N6O6/c1-25-19-18(20(32)26(2)22(25)33)28(21(24-19)27-6-8-34-9-7-27)5-3-4-23-13-17(31)14-10-15(29)12-16(30)11-14/h10-12,17,23,29-31H,3-9,13H2,1-2H3. The fourth-order valence-electron chi connectivity index (χ4n) is 4.18. The summed E-state index contributed by atoms with van der Waals surface area (Å²) >= 11 is 0. The first-order valence-corrected chi connectivity index (χ1v) is 11.2. The number of ether oxygens (including phenoxy) is 1. The van der Waals surface area contributed by atoms with E-state index in [0.717, 1.165) is 4.57 Å². The van der Waals surface area contributed by atoms with Gasteiger partial charge in [0.1, 0.15) is 11.5 Å². The van der Waals surface area contributed by atoms with E-state index in [1.165, 1.54) is 29.8 Å². The monoisotopic (exact) mass is 474 g/mol. The number of nitrogens with zero attached hydrogens (tertiary/aromatic N) is 5. The van der Waals surface area contributed by atoms with Crippen molar-refractivity contribution in [3.05, 3.63) is 44.6 Å². The largest absolute Gasteiger partial charge is 0.508 e. The van der Waals surface area contributed by atoms with E-state index in [2.05, 4.69) is 15.2 Å². The highest BCUT2D eigenvalue weighted by molar-refractivity contribution is 5.74. The van der Waals surface area contributed by atoms with Crippen LogP contribution in [0, 0.1) is 0 Å². The fraction of sp³-hybridized carbons (Fsp3) is 0.500. The van der Waals surface area contributed by atoms with Crippen LogP contribution in [0.5, 0.6) is 11.5 Å². The number of hydrogen-bond acceptors (Lipinski definition) is 9. The second kappa shape index (κ2) is 9.87. The van der Waals surface area contributed by atoms with Gasteiger partial charge in [0.05, 0.1) is 19.3 Å². The molecule has 0 saturated carbocycles. The van der Waals surface area contributed by atoms with Gasteiger partial charge < -0.3 is 34.8 Å². The molecule has 0 aliphatic carbocycles. The Morgan fingerprint density at radius 3 is 2.44 bits per heavy atom. The summed E-state index contributed by atoms with van der Waals surface area (Å²) in [5.74, 6) is 0.396. The number of aryl methyl sites for hydroxylation is 2. The molecule has 0 spiro atoms. The Bertz CT molecular complexity index is 1270. The number of anilines is 1. The van der Waals surface area contributed by atoms with Gasteiger partial charge in [0.2, 0.25) is 5.95 Å². The molecule has 3 heterocycles. The molecule has 12 heteroatoms. The van der Waals surface area contributed by atoms with E-state index in [-0.39, 0.29) is 18.0 Å². The van der Waals surface area contributed by atoms with Crippen molar-refractivity contribution in [1.29, 1.82) is 0 Å². The quantitative estimate of drug-likeness (QED) is 0.314. The number of aliphatic hydroxyl groups excluding tert-OH is 1. The highest BCUT2D eigenvalue weighted by Gasteiger charge is 2.23. The predicted molar refractivity (Wildman–Crippen MR) is 125 cm³/mol. The van der Waals surface area contributed by atoms with Crippen LogP contribution >= 0.6 is 0 Å². The summed E-state index contributed by atoms with van der Waals surface area (Å²) < 4.78 is 9.77. The molecule has 4 rings (SSSR count). The Labute approximate surface area is 195 Å². The second-order valence-electron chi connectivity index (χ2n) is 8.40. The molecular weight excluding hydrogens is 444 g/mol. The van der Waals surface area contributed by atoms with E-state index in [4.69, 9.17) is 4.74 Å². The molecule has 0 amide bonds. The molecule has 1 saturated heterocycles. The van der Waals surface area contributed by atoms with E-state index in [0.29, 0.717) is 68.5 Å². The first kappa shape index (κ1) is 23.8. The third-order valence-corrected chi connectivity index (χ3v) is 6.00. The average Bonchev–Trinajstić information content (AvgIpc) is 3.20. The van der Waals surface area contributed by atoms with Crippen molar-refractivity contribution in [2.75, 3.05) is 44.3 Å². The number of phenolic OH excluding ortho intramolecular Hbond substituents is 2. The van der Waals surface area contributed by atoms with Gasteiger partial charge >= 0.3 is 5.69 Å². The second-order valence-corrected chi connectivity index (χ2v) is 8.40. The third-order valence-electron chi connectivity index (χ3n) is 6.00. The zero-order valence-corrected chi connectivity index (χ0v) is 19.3.